The van der Waals surface area contributed by atoms with Crippen molar-refractivity contribution in [2.24, 2.45) is 0 Å². The van der Waals surface area contributed by atoms with Gasteiger partial charge in [-0.1, -0.05) is 6.07 Å². The molecule has 1 N–H and O–H groups in total. The third-order valence-corrected chi connectivity index (χ3v) is 5.21. The molecule has 0 aliphatic carbocycles. The van der Waals surface area contributed by atoms with Gasteiger partial charge in [0.15, 0.2) is 0 Å². The van der Waals surface area contributed by atoms with E-state index in [1.165, 1.54) is 6.42 Å². The zero-order chi connectivity index (χ0) is 16.9. The summed E-state index contributed by atoms with van der Waals surface area (Å²) < 4.78 is 0. The largest absolute Gasteiger partial charge is 0.356 e. The van der Waals surface area contributed by atoms with E-state index in [1.807, 2.05) is 29.3 Å². The van der Waals surface area contributed by atoms with Gasteiger partial charge in [0.25, 0.3) is 0 Å². The molecule has 2 fully saturated rings. The fraction of sp³-hybridized carbons (Fsp3) is 0.667. The van der Waals surface area contributed by atoms with E-state index in [9.17, 15) is 4.79 Å². The minimum absolute atomic E-state index is 0.109. The summed E-state index contributed by atoms with van der Waals surface area (Å²) >= 11 is 0. The fourth-order valence-electron chi connectivity index (χ4n) is 3.62. The first-order valence-corrected chi connectivity index (χ1v) is 9.01. The number of nitrogens with one attached hydrogen (secondary N) is 1. The summed E-state index contributed by atoms with van der Waals surface area (Å²) in [5.41, 5.74) is 0. The van der Waals surface area contributed by atoms with Crippen LogP contribution >= 0.6 is 0 Å². The second-order valence-electron chi connectivity index (χ2n) is 7.10. The Hall–Kier alpha value is -1.82. The Bertz CT molecular complexity index is 527. The molecule has 2 amide bonds. The lowest BCUT2D eigenvalue weighted by Crippen LogP contribution is -2.54. The molecule has 3 rings (SSSR count). The molecule has 3 heterocycles. The number of nitrogens with zero attached hydrogens (tertiary/aromatic N) is 4. The summed E-state index contributed by atoms with van der Waals surface area (Å²) in [6, 6.07) is 6.88. The minimum Gasteiger partial charge on any atom is -0.356 e. The molecule has 132 valence electrons. The number of carbonyl (C=O) groups is 1. The lowest BCUT2D eigenvalue weighted by atomic mass is 10.0. The highest BCUT2D eigenvalue weighted by molar-refractivity contribution is 5.74. The Kier molecular flexibility index (Phi) is 5.56. The van der Waals surface area contributed by atoms with Crippen LogP contribution in [0.5, 0.6) is 0 Å². The van der Waals surface area contributed by atoms with E-state index in [0.717, 1.165) is 51.3 Å². The monoisotopic (exact) mass is 331 g/mol. The van der Waals surface area contributed by atoms with Gasteiger partial charge in [0.2, 0.25) is 0 Å². The van der Waals surface area contributed by atoms with E-state index >= 15 is 0 Å². The number of hydrogen-bond acceptors (Lipinski definition) is 4. The Balaban J connectivity index is 1.46. The second-order valence-corrected chi connectivity index (χ2v) is 7.10. The standard InChI is InChI=1S/C18H29N5O/c1-21(2)16-6-5-11-23(14-16)18(24)20-15-8-12-22(13-9-15)17-7-3-4-10-19-17/h3-4,7,10,15-16H,5-6,8-9,11-14H2,1-2H3,(H,20,24)/t16-/m1/s1. The van der Waals surface area contributed by atoms with Gasteiger partial charge in [-0.05, 0) is 51.9 Å². The average Bonchev–Trinajstić information content (AvgIpc) is 2.63. The molecule has 0 bridgehead atoms. The summed E-state index contributed by atoms with van der Waals surface area (Å²) in [4.78, 5) is 23.5. The van der Waals surface area contributed by atoms with Crippen molar-refractivity contribution in [3.63, 3.8) is 0 Å². The maximum atomic E-state index is 12.6. The maximum absolute atomic E-state index is 12.6. The van der Waals surface area contributed by atoms with Crippen molar-refractivity contribution >= 4 is 11.8 Å². The number of carbonyl (C=O) groups excluding carboxylic acids is 1. The molecule has 0 radical (unpaired) electrons. The zero-order valence-electron chi connectivity index (χ0n) is 14.8. The topological polar surface area (TPSA) is 51.7 Å². The van der Waals surface area contributed by atoms with Crippen molar-refractivity contribution in [2.45, 2.75) is 37.8 Å². The van der Waals surface area contributed by atoms with Gasteiger partial charge in [0.05, 0.1) is 0 Å². The first kappa shape index (κ1) is 17.0. The van der Waals surface area contributed by atoms with Gasteiger partial charge < -0.3 is 20.0 Å². The number of likely N-dealkylation sites (N-methyl/N-ethyl adjacent to an activating group) is 1. The van der Waals surface area contributed by atoms with E-state index in [1.54, 1.807) is 0 Å². The molecule has 0 spiro atoms. The lowest BCUT2D eigenvalue weighted by molar-refractivity contribution is 0.137. The predicted molar refractivity (Wildman–Crippen MR) is 96.3 cm³/mol. The van der Waals surface area contributed by atoms with Gasteiger partial charge in [-0.15, -0.1) is 0 Å². The van der Waals surface area contributed by atoms with E-state index < -0.39 is 0 Å². The highest BCUT2D eigenvalue weighted by Crippen LogP contribution is 2.18. The number of rotatable bonds is 3. The van der Waals surface area contributed by atoms with Crippen LogP contribution in [0.3, 0.4) is 0 Å². The molecule has 0 saturated carbocycles. The Morgan fingerprint density at radius 1 is 1.21 bits per heavy atom. The molecule has 6 nitrogen and oxygen atoms in total. The average molecular weight is 331 g/mol. The summed E-state index contributed by atoms with van der Waals surface area (Å²) in [6.45, 7) is 3.61. The molecule has 0 unspecified atom stereocenters. The van der Waals surface area contributed by atoms with E-state index in [2.05, 4.69) is 34.2 Å². The van der Waals surface area contributed by atoms with Crippen LogP contribution in [0.15, 0.2) is 24.4 Å². The van der Waals surface area contributed by atoms with Gasteiger partial charge in [-0.3, -0.25) is 0 Å². The van der Waals surface area contributed by atoms with E-state index in [0.29, 0.717) is 6.04 Å². The number of hydrogen-bond donors (Lipinski definition) is 1. The van der Waals surface area contributed by atoms with Crippen LogP contribution in [-0.2, 0) is 0 Å². The number of amides is 2. The van der Waals surface area contributed by atoms with Gasteiger partial charge >= 0.3 is 6.03 Å². The highest BCUT2D eigenvalue weighted by atomic mass is 16.2. The van der Waals surface area contributed by atoms with Crippen LogP contribution in [0.4, 0.5) is 10.6 Å². The lowest BCUT2D eigenvalue weighted by Gasteiger charge is -2.38. The van der Waals surface area contributed by atoms with Gasteiger partial charge in [0.1, 0.15) is 5.82 Å². The summed E-state index contributed by atoms with van der Waals surface area (Å²) in [6.07, 6.45) is 6.06. The van der Waals surface area contributed by atoms with Crippen LogP contribution in [-0.4, -0.2) is 73.2 Å². The molecule has 1 atom stereocenters. The smallest absolute Gasteiger partial charge is 0.317 e. The van der Waals surface area contributed by atoms with Crippen LogP contribution in [0.1, 0.15) is 25.7 Å². The van der Waals surface area contributed by atoms with Crippen molar-refractivity contribution in [3.8, 4) is 0 Å². The quantitative estimate of drug-likeness (QED) is 0.917. The number of likely N-dealkylation sites (tertiary alicyclic amines) is 1. The molecular weight excluding hydrogens is 302 g/mol. The molecule has 1 aromatic rings. The first-order chi connectivity index (χ1) is 11.6. The molecule has 6 heteroatoms. The fourth-order valence-corrected chi connectivity index (χ4v) is 3.62. The molecule has 2 aliphatic heterocycles. The minimum atomic E-state index is 0.109. The van der Waals surface area contributed by atoms with E-state index in [-0.39, 0.29) is 12.1 Å². The summed E-state index contributed by atoms with van der Waals surface area (Å²) in [5.74, 6) is 1.03. The van der Waals surface area contributed by atoms with Gasteiger partial charge in [0, 0.05) is 44.5 Å². The van der Waals surface area contributed by atoms with Crippen molar-refractivity contribution < 1.29 is 4.79 Å². The third-order valence-electron chi connectivity index (χ3n) is 5.21. The van der Waals surface area contributed by atoms with Crippen LogP contribution in [0.25, 0.3) is 0 Å². The van der Waals surface area contributed by atoms with Crippen LogP contribution in [0, 0.1) is 0 Å². The van der Waals surface area contributed by atoms with Gasteiger partial charge in [-0.2, -0.15) is 0 Å². The molecule has 0 aromatic carbocycles. The first-order valence-electron chi connectivity index (χ1n) is 9.01. The molecule has 1 aromatic heterocycles. The summed E-state index contributed by atoms with van der Waals surface area (Å²) in [5, 5.41) is 3.24. The van der Waals surface area contributed by atoms with Crippen LogP contribution in [0.2, 0.25) is 0 Å². The predicted octanol–water partition coefficient (Wildman–Crippen LogP) is 1.79. The number of piperidine rings is 2. The molecule has 2 saturated heterocycles. The van der Waals surface area contributed by atoms with Crippen molar-refractivity contribution in [1.29, 1.82) is 0 Å². The number of anilines is 1. The molecule has 2 aliphatic rings. The van der Waals surface area contributed by atoms with Crippen molar-refractivity contribution in [2.75, 3.05) is 45.2 Å². The Morgan fingerprint density at radius 2 is 2.00 bits per heavy atom. The maximum Gasteiger partial charge on any atom is 0.317 e. The van der Waals surface area contributed by atoms with Crippen molar-refractivity contribution in [3.05, 3.63) is 24.4 Å². The number of urea groups is 1. The van der Waals surface area contributed by atoms with Crippen molar-refractivity contribution in [1.82, 2.24) is 20.1 Å². The zero-order valence-corrected chi connectivity index (χ0v) is 14.8. The Morgan fingerprint density at radius 3 is 2.67 bits per heavy atom. The number of pyridine rings is 1. The van der Waals surface area contributed by atoms with E-state index in [4.69, 9.17) is 0 Å². The Labute approximate surface area is 144 Å². The van der Waals surface area contributed by atoms with Crippen LogP contribution < -0.4 is 10.2 Å². The summed E-state index contributed by atoms with van der Waals surface area (Å²) in [7, 11) is 4.19. The number of aromatic nitrogens is 1. The van der Waals surface area contributed by atoms with Gasteiger partial charge in [-0.25, -0.2) is 9.78 Å². The molecular formula is C18H29N5O. The SMILES string of the molecule is CN(C)[C@@H]1CCCN(C(=O)NC2CCN(c3ccccn3)CC2)C1. The second kappa shape index (κ2) is 7.83. The highest BCUT2D eigenvalue weighted by Gasteiger charge is 2.27. The molecule has 24 heavy (non-hydrogen) atoms. The third kappa shape index (κ3) is 4.17. The normalized spacial score (nSPS) is 22.7.